The number of amides is 4. The number of hydrogen-bond donors (Lipinski definition) is 1. The lowest BCUT2D eigenvalue weighted by molar-refractivity contribution is -0.188. The summed E-state index contributed by atoms with van der Waals surface area (Å²) in [7, 11) is 1.74. The molecule has 34 heavy (non-hydrogen) atoms. The average Bonchev–Trinajstić information content (AvgIpc) is 2.81. The van der Waals surface area contributed by atoms with Gasteiger partial charge in [-0.05, 0) is 24.5 Å². The normalized spacial score (nSPS) is 21.0. The number of fused-ring (bicyclic) bond motifs is 1. The minimum Gasteiger partial charge on any atom is -0.333 e. The largest absolute Gasteiger partial charge is 0.334 e. The molecule has 0 unspecified atom stereocenters. The minimum atomic E-state index is -0.570. The van der Waals surface area contributed by atoms with E-state index in [0.717, 1.165) is 23.1 Å². The third kappa shape index (κ3) is 4.92. The number of nitrogens with zero attached hydrogens (tertiary/aromatic N) is 4. The second-order valence-electron chi connectivity index (χ2n) is 9.10. The first-order chi connectivity index (χ1) is 16.4. The van der Waals surface area contributed by atoms with E-state index in [-0.39, 0.29) is 30.9 Å². The summed E-state index contributed by atoms with van der Waals surface area (Å²) >= 11 is 0. The third-order valence-corrected chi connectivity index (χ3v) is 6.45. The first-order valence-electron chi connectivity index (χ1n) is 11.9. The topological polar surface area (TPSA) is 76.2 Å². The molecule has 2 fully saturated rings. The van der Waals surface area contributed by atoms with E-state index in [9.17, 15) is 14.4 Å². The number of aryl methyl sites for hydroxylation is 1. The molecule has 8 nitrogen and oxygen atoms in total. The van der Waals surface area contributed by atoms with Crippen LogP contribution in [0.2, 0.25) is 0 Å². The number of carbonyl (C=O) groups excluding carboxylic acids is 3. The van der Waals surface area contributed by atoms with Gasteiger partial charge in [0.05, 0.1) is 13.1 Å². The smallest absolute Gasteiger partial charge is 0.333 e. The minimum absolute atomic E-state index is 0.0536. The summed E-state index contributed by atoms with van der Waals surface area (Å²) < 4.78 is 0. The van der Waals surface area contributed by atoms with Crippen LogP contribution < -0.4 is 5.32 Å². The Morgan fingerprint density at radius 2 is 1.79 bits per heavy atom. The molecule has 180 valence electrons. The standard InChI is InChI=1S/C26H33N5O3/c1-4-9-22-25(33)29(16-21-13-8-10-19(2)14-21)17-23-30(22)24(32)18-28(3)31(23)26(34)27-15-20-11-6-5-7-12-20/h5-8,10-14,22-23H,4,9,15-18H2,1-3H3,(H,27,34)/t22-,23-/m0/s1. The van der Waals surface area contributed by atoms with E-state index < -0.39 is 12.2 Å². The second-order valence-corrected chi connectivity index (χ2v) is 9.10. The molecule has 4 rings (SSSR count). The summed E-state index contributed by atoms with van der Waals surface area (Å²) in [4.78, 5) is 43.3. The number of piperazine rings is 1. The highest BCUT2D eigenvalue weighted by molar-refractivity contribution is 5.91. The molecule has 0 bridgehead atoms. The number of hydrazine groups is 1. The molecule has 2 aromatic carbocycles. The molecule has 8 heteroatoms. The molecule has 0 aliphatic carbocycles. The van der Waals surface area contributed by atoms with Gasteiger partial charge in [-0.3, -0.25) is 9.59 Å². The van der Waals surface area contributed by atoms with Crippen molar-refractivity contribution in [2.75, 3.05) is 20.1 Å². The molecule has 2 heterocycles. The van der Waals surface area contributed by atoms with E-state index in [1.807, 2.05) is 62.4 Å². The monoisotopic (exact) mass is 463 g/mol. The fraction of sp³-hybridized carbons (Fsp3) is 0.423. The summed E-state index contributed by atoms with van der Waals surface area (Å²) in [6, 6.07) is 16.9. The van der Waals surface area contributed by atoms with Crippen molar-refractivity contribution in [3.05, 3.63) is 71.3 Å². The molecule has 1 N–H and O–H groups in total. The number of carbonyl (C=O) groups is 3. The zero-order valence-electron chi connectivity index (χ0n) is 20.1. The highest BCUT2D eigenvalue weighted by atomic mass is 16.2. The van der Waals surface area contributed by atoms with Crippen molar-refractivity contribution < 1.29 is 14.4 Å². The highest BCUT2D eigenvalue weighted by Crippen LogP contribution is 2.28. The average molecular weight is 464 g/mol. The van der Waals surface area contributed by atoms with Crippen LogP contribution in [-0.2, 0) is 22.7 Å². The summed E-state index contributed by atoms with van der Waals surface area (Å²) in [5, 5.41) is 6.24. The Hall–Kier alpha value is -3.39. The van der Waals surface area contributed by atoms with Crippen molar-refractivity contribution in [3.63, 3.8) is 0 Å². The molecule has 2 aromatic rings. The molecule has 0 radical (unpaired) electrons. The number of urea groups is 1. The van der Waals surface area contributed by atoms with Gasteiger partial charge in [0.1, 0.15) is 12.2 Å². The zero-order valence-corrected chi connectivity index (χ0v) is 20.1. The molecular weight excluding hydrogens is 430 g/mol. The van der Waals surface area contributed by atoms with Crippen LogP contribution in [0, 0.1) is 6.92 Å². The summed E-state index contributed by atoms with van der Waals surface area (Å²) in [5.74, 6) is -0.177. The molecule has 0 aromatic heterocycles. The van der Waals surface area contributed by atoms with E-state index in [1.54, 1.807) is 26.9 Å². The van der Waals surface area contributed by atoms with Crippen LogP contribution >= 0.6 is 0 Å². The van der Waals surface area contributed by atoms with Crippen LogP contribution in [0.25, 0.3) is 0 Å². The molecule has 4 amide bonds. The van der Waals surface area contributed by atoms with E-state index in [4.69, 9.17) is 0 Å². The van der Waals surface area contributed by atoms with E-state index >= 15 is 0 Å². The van der Waals surface area contributed by atoms with E-state index in [1.165, 1.54) is 0 Å². The van der Waals surface area contributed by atoms with Gasteiger partial charge in [0.2, 0.25) is 11.8 Å². The first kappa shape index (κ1) is 23.8. The third-order valence-electron chi connectivity index (χ3n) is 6.45. The Bertz CT molecular complexity index is 1040. The number of nitrogens with one attached hydrogen (secondary N) is 1. The van der Waals surface area contributed by atoms with Crippen LogP contribution in [0.1, 0.15) is 36.5 Å². The summed E-state index contributed by atoms with van der Waals surface area (Å²) in [5.41, 5.74) is 3.16. The summed E-state index contributed by atoms with van der Waals surface area (Å²) in [6.45, 7) is 5.18. The molecule has 0 saturated carbocycles. The quantitative estimate of drug-likeness (QED) is 0.715. The lowest BCUT2D eigenvalue weighted by Gasteiger charge is -2.54. The van der Waals surface area contributed by atoms with Gasteiger partial charge in [0, 0.05) is 20.1 Å². The molecule has 2 saturated heterocycles. The lowest BCUT2D eigenvalue weighted by atomic mass is 10.0. The van der Waals surface area contributed by atoms with Gasteiger partial charge in [-0.1, -0.05) is 73.5 Å². The van der Waals surface area contributed by atoms with Crippen molar-refractivity contribution in [1.82, 2.24) is 25.1 Å². The first-order valence-corrected chi connectivity index (χ1v) is 11.9. The van der Waals surface area contributed by atoms with Gasteiger partial charge >= 0.3 is 6.03 Å². The van der Waals surface area contributed by atoms with Gasteiger partial charge < -0.3 is 15.1 Å². The van der Waals surface area contributed by atoms with Gasteiger partial charge in [0.15, 0.2) is 0 Å². The van der Waals surface area contributed by atoms with Gasteiger partial charge in [0.25, 0.3) is 0 Å². The van der Waals surface area contributed by atoms with Crippen LogP contribution in [0.15, 0.2) is 54.6 Å². The van der Waals surface area contributed by atoms with E-state index in [2.05, 4.69) is 11.4 Å². The second kappa shape index (κ2) is 10.3. The molecule has 2 aliphatic rings. The maximum Gasteiger partial charge on any atom is 0.334 e. The Balaban J connectivity index is 1.59. The van der Waals surface area contributed by atoms with E-state index in [0.29, 0.717) is 19.5 Å². The van der Waals surface area contributed by atoms with Gasteiger partial charge in [-0.25, -0.2) is 14.8 Å². The van der Waals surface area contributed by atoms with Crippen LogP contribution in [-0.4, -0.2) is 70.0 Å². The lowest BCUT2D eigenvalue weighted by Crippen LogP contribution is -2.75. The molecule has 0 spiro atoms. The van der Waals surface area contributed by atoms with Crippen LogP contribution in [0.4, 0.5) is 4.79 Å². The Morgan fingerprint density at radius 3 is 2.50 bits per heavy atom. The van der Waals surface area contributed by atoms with Crippen molar-refractivity contribution >= 4 is 17.8 Å². The zero-order chi connectivity index (χ0) is 24.2. The highest BCUT2D eigenvalue weighted by Gasteiger charge is 2.50. The van der Waals surface area contributed by atoms with Crippen molar-refractivity contribution in [2.24, 2.45) is 0 Å². The van der Waals surface area contributed by atoms with Crippen molar-refractivity contribution in [1.29, 1.82) is 0 Å². The number of rotatable bonds is 6. The Morgan fingerprint density at radius 1 is 1.06 bits per heavy atom. The summed E-state index contributed by atoms with van der Waals surface area (Å²) in [6.07, 6.45) is 0.775. The van der Waals surface area contributed by atoms with Crippen LogP contribution in [0.3, 0.4) is 0 Å². The van der Waals surface area contributed by atoms with Crippen LogP contribution in [0.5, 0.6) is 0 Å². The molecule has 2 atom stereocenters. The molecule has 2 aliphatic heterocycles. The maximum atomic E-state index is 13.5. The maximum absolute atomic E-state index is 13.5. The number of hydrogen-bond acceptors (Lipinski definition) is 4. The van der Waals surface area contributed by atoms with Gasteiger partial charge in [-0.15, -0.1) is 0 Å². The number of benzene rings is 2. The Labute approximate surface area is 201 Å². The molecular formula is C26H33N5O3. The predicted octanol–water partition coefficient (Wildman–Crippen LogP) is 2.73. The van der Waals surface area contributed by atoms with Gasteiger partial charge in [-0.2, -0.15) is 0 Å². The Kier molecular flexibility index (Phi) is 7.17. The van der Waals surface area contributed by atoms with Crippen molar-refractivity contribution in [2.45, 2.75) is 52.0 Å². The fourth-order valence-electron chi connectivity index (χ4n) is 4.88. The SMILES string of the molecule is CCC[C@H]1C(=O)N(Cc2cccc(C)c2)C[C@H]2N1C(=O)CN(C)N2C(=O)NCc1ccccc1. The number of likely N-dealkylation sites (N-methyl/N-ethyl adjacent to an activating group) is 1. The predicted molar refractivity (Wildman–Crippen MR) is 129 cm³/mol. The fourth-order valence-corrected chi connectivity index (χ4v) is 4.88. The van der Waals surface area contributed by atoms with Crippen molar-refractivity contribution in [3.8, 4) is 0 Å².